The molecule has 120 valence electrons. The van der Waals surface area contributed by atoms with Crippen molar-refractivity contribution in [2.75, 3.05) is 0 Å². The van der Waals surface area contributed by atoms with Gasteiger partial charge < -0.3 is 10.8 Å². The maximum Gasteiger partial charge on any atom is 0.320 e. The number of non-ortho nitro benzene ring substituents is 1. The number of carboxylic acid groups (broad SMARTS) is 1. The molecule has 0 saturated heterocycles. The van der Waals surface area contributed by atoms with E-state index in [2.05, 4.69) is 4.98 Å². The average Bonchev–Trinajstić information content (AvgIpc) is 2.94. The summed E-state index contributed by atoms with van der Waals surface area (Å²) in [6.45, 7) is 0. The lowest BCUT2D eigenvalue weighted by atomic mass is 10.2. The van der Waals surface area contributed by atoms with Crippen LogP contribution >= 0.6 is 0 Å². The maximum atomic E-state index is 11.1. The minimum atomic E-state index is -1.19. The first-order valence-corrected chi connectivity index (χ1v) is 6.24. The molecule has 1 aromatic heterocycles. The van der Waals surface area contributed by atoms with Crippen LogP contribution in [0.25, 0.3) is 5.69 Å². The highest BCUT2D eigenvalue weighted by atomic mass is 16.6. The van der Waals surface area contributed by atoms with Gasteiger partial charge in [-0.1, -0.05) is 0 Å². The van der Waals surface area contributed by atoms with Gasteiger partial charge in [-0.25, -0.2) is 4.98 Å². The molecule has 0 unspecified atom stereocenters. The monoisotopic (exact) mass is 321 g/mol. The normalized spacial score (nSPS) is 11.9. The molecular weight excluding hydrogens is 310 g/mol. The third-order valence-corrected chi connectivity index (χ3v) is 3.03. The Morgan fingerprint density at radius 1 is 1.35 bits per heavy atom. The minimum absolute atomic E-state index is 0.0525. The van der Waals surface area contributed by atoms with Crippen LogP contribution < -0.4 is 5.73 Å². The van der Waals surface area contributed by atoms with E-state index in [1.165, 1.54) is 23.2 Å². The highest BCUT2D eigenvalue weighted by molar-refractivity contribution is 5.73. The van der Waals surface area contributed by atoms with Crippen molar-refractivity contribution < 1.29 is 19.7 Å². The molecule has 1 atom stereocenters. The van der Waals surface area contributed by atoms with Crippen LogP contribution in [0.5, 0.6) is 0 Å². The third-order valence-electron chi connectivity index (χ3n) is 3.03. The number of nitro groups is 2. The predicted molar refractivity (Wildman–Crippen MR) is 76.2 cm³/mol. The summed E-state index contributed by atoms with van der Waals surface area (Å²) in [5, 5.41) is 30.6. The van der Waals surface area contributed by atoms with Crippen LogP contribution in [0.2, 0.25) is 0 Å². The van der Waals surface area contributed by atoms with Crippen molar-refractivity contribution in [3.8, 4) is 5.69 Å². The van der Waals surface area contributed by atoms with Crippen LogP contribution in [0, 0.1) is 20.2 Å². The van der Waals surface area contributed by atoms with Crippen molar-refractivity contribution in [2.24, 2.45) is 5.73 Å². The number of hydrogen-bond donors (Lipinski definition) is 2. The number of imidazole rings is 1. The molecule has 0 spiro atoms. The van der Waals surface area contributed by atoms with E-state index in [4.69, 9.17) is 10.8 Å². The van der Waals surface area contributed by atoms with Gasteiger partial charge in [-0.3, -0.25) is 29.6 Å². The Hall–Kier alpha value is -3.34. The molecule has 0 saturated carbocycles. The van der Waals surface area contributed by atoms with E-state index < -0.39 is 33.2 Å². The van der Waals surface area contributed by atoms with Crippen molar-refractivity contribution in [1.29, 1.82) is 0 Å². The van der Waals surface area contributed by atoms with Gasteiger partial charge in [0.15, 0.2) is 0 Å². The second-order valence-electron chi connectivity index (χ2n) is 4.61. The van der Waals surface area contributed by atoms with E-state index in [1.807, 2.05) is 0 Å². The molecule has 0 fully saturated rings. The van der Waals surface area contributed by atoms with Crippen molar-refractivity contribution in [1.82, 2.24) is 9.55 Å². The summed E-state index contributed by atoms with van der Waals surface area (Å²) in [4.78, 5) is 35.0. The molecule has 23 heavy (non-hydrogen) atoms. The average molecular weight is 321 g/mol. The van der Waals surface area contributed by atoms with Gasteiger partial charge in [0, 0.05) is 18.7 Å². The van der Waals surface area contributed by atoms with Crippen LogP contribution in [0.1, 0.15) is 5.69 Å². The van der Waals surface area contributed by atoms with Crippen LogP contribution in [-0.4, -0.2) is 36.5 Å². The molecule has 3 N–H and O–H groups in total. The molecule has 0 bridgehead atoms. The SMILES string of the molecule is N[C@@H](Cc1cn(-c2ccc([N+](=O)[O-])cc2[N+](=O)[O-])cn1)C(=O)O. The zero-order valence-corrected chi connectivity index (χ0v) is 11.5. The van der Waals surface area contributed by atoms with E-state index in [0.717, 1.165) is 12.1 Å². The standard InChI is InChI=1S/C12H11N5O6/c13-9(12(18)19)3-7-5-15(6-14-7)10-2-1-8(16(20)21)4-11(10)17(22)23/h1-2,4-6,9H,3,13H2,(H,18,19)/t9-/m0/s1. The lowest BCUT2D eigenvalue weighted by Crippen LogP contribution is -2.32. The smallest absolute Gasteiger partial charge is 0.320 e. The van der Waals surface area contributed by atoms with Crippen LogP contribution in [0.4, 0.5) is 11.4 Å². The Labute approximate surface area is 128 Å². The Morgan fingerprint density at radius 3 is 2.61 bits per heavy atom. The zero-order valence-electron chi connectivity index (χ0n) is 11.5. The van der Waals surface area contributed by atoms with E-state index >= 15 is 0 Å². The number of rotatable bonds is 6. The molecule has 1 heterocycles. The summed E-state index contributed by atoms with van der Waals surface area (Å²) < 4.78 is 1.28. The van der Waals surface area contributed by atoms with Gasteiger partial charge in [-0.05, 0) is 6.07 Å². The second-order valence-corrected chi connectivity index (χ2v) is 4.61. The number of aromatic nitrogens is 2. The molecule has 11 nitrogen and oxygen atoms in total. The van der Waals surface area contributed by atoms with Gasteiger partial charge >= 0.3 is 5.97 Å². The molecule has 2 rings (SSSR count). The van der Waals surface area contributed by atoms with Gasteiger partial charge in [0.2, 0.25) is 0 Å². The number of nitro benzene ring substituents is 2. The van der Waals surface area contributed by atoms with Crippen molar-refractivity contribution >= 4 is 17.3 Å². The van der Waals surface area contributed by atoms with Crippen LogP contribution in [0.15, 0.2) is 30.7 Å². The van der Waals surface area contributed by atoms with Gasteiger partial charge in [-0.15, -0.1) is 0 Å². The number of aliphatic carboxylic acids is 1. The Balaban J connectivity index is 2.39. The number of carbonyl (C=O) groups is 1. The first kappa shape index (κ1) is 16.0. The Morgan fingerprint density at radius 2 is 2.04 bits per heavy atom. The van der Waals surface area contributed by atoms with Gasteiger partial charge in [0.25, 0.3) is 11.4 Å². The number of carboxylic acids is 1. The highest BCUT2D eigenvalue weighted by Gasteiger charge is 2.21. The maximum absolute atomic E-state index is 11.1. The quantitative estimate of drug-likeness (QED) is 0.577. The van der Waals surface area contributed by atoms with Crippen LogP contribution in [0.3, 0.4) is 0 Å². The number of nitrogens with two attached hydrogens (primary N) is 1. The number of hydrogen-bond acceptors (Lipinski definition) is 7. The molecule has 0 aliphatic rings. The van der Waals surface area contributed by atoms with Crippen molar-refractivity contribution in [2.45, 2.75) is 12.5 Å². The van der Waals surface area contributed by atoms with Crippen molar-refractivity contribution in [3.63, 3.8) is 0 Å². The van der Waals surface area contributed by atoms with Crippen molar-refractivity contribution in [3.05, 3.63) is 56.6 Å². The molecule has 11 heteroatoms. The lowest BCUT2D eigenvalue weighted by molar-refractivity contribution is -0.394. The van der Waals surface area contributed by atoms with Gasteiger partial charge in [-0.2, -0.15) is 0 Å². The van der Waals surface area contributed by atoms with Gasteiger partial charge in [0.05, 0.1) is 27.9 Å². The molecular formula is C12H11N5O6. The fourth-order valence-electron chi connectivity index (χ4n) is 1.90. The first-order chi connectivity index (χ1) is 10.8. The summed E-state index contributed by atoms with van der Waals surface area (Å²) in [6.07, 6.45) is 2.58. The topological polar surface area (TPSA) is 167 Å². The van der Waals surface area contributed by atoms with Gasteiger partial charge in [0.1, 0.15) is 11.7 Å². The first-order valence-electron chi connectivity index (χ1n) is 6.24. The summed E-state index contributed by atoms with van der Waals surface area (Å²) in [5.41, 5.74) is 4.92. The fourth-order valence-corrected chi connectivity index (χ4v) is 1.90. The molecule has 0 amide bonds. The summed E-state index contributed by atoms with van der Waals surface area (Å²) >= 11 is 0. The Kier molecular flexibility index (Phi) is 4.32. The largest absolute Gasteiger partial charge is 0.480 e. The molecule has 1 aromatic carbocycles. The molecule has 0 aliphatic heterocycles. The van der Waals surface area contributed by atoms with E-state index in [0.29, 0.717) is 5.69 Å². The number of benzene rings is 1. The van der Waals surface area contributed by atoms with E-state index in [-0.39, 0.29) is 12.1 Å². The molecule has 2 aromatic rings. The Bertz CT molecular complexity index is 786. The molecule has 0 aliphatic carbocycles. The molecule has 0 radical (unpaired) electrons. The van der Waals surface area contributed by atoms with Crippen LogP contribution in [-0.2, 0) is 11.2 Å². The minimum Gasteiger partial charge on any atom is -0.480 e. The predicted octanol–water partition coefficient (Wildman–Crippen LogP) is 0.643. The second kappa shape index (κ2) is 6.19. The fraction of sp³-hybridized carbons (Fsp3) is 0.167. The third kappa shape index (κ3) is 3.47. The van der Waals surface area contributed by atoms with E-state index in [1.54, 1.807) is 0 Å². The summed E-state index contributed by atoms with van der Waals surface area (Å²) in [6, 6.07) is 2.05. The summed E-state index contributed by atoms with van der Waals surface area (Å²) in [5.74, 6) is -1.19. The number of nitrogens with zero attached hydrogens (tertiary/aromatic N) is 4. The summed E-state index contributed by atoms with van der Waals surface area (Å²) in [7, 11) is 0. The zero-order chi connectivity index (χ0) is 17.1. The van der Waals surface area contributed by atoms with E-state index in [9.17, 15) is 25.0 Å². The lowest BCUT2D eigenvalue weighted by Gasteiger charge is -2.04. The highest BCUT2D eigenvalue weighted by Crippen LogP contribution is 2.27.